The number of benzene rings is 15. The zero-order valence-electron chi connectivity index (χ0n) is 66.5. The van der Waals surface area contributed by atoms with Gasteiger partial charge in [0.25, 0.3) is 0 Å². The average molecular weight is 1590 g/mol. The van der Waals surface area contributed by atoms with Crippen molar-refractivity contribution in [3.8, 4) is 97.5 Å². The Morgan fingerprint density at radius 1 is 0.339 bits per heavy atom. The zero-order valence-corrected chi connectivity index (χ0v) is 66.5. The molecule has 2 unspecified atom stereocenters. The lowest BCUT2D eigenvalue weighted by Gasteiger charge is -2.30. The summed E-state index contributed by atoms with van der Waals surface area (Å²) in [6.07, 6.45) is 15.2. The van der Waals surface area contributed by atoms with Gasteiger partial charge in [0, 0.05) is 98.9 Å². The molecule has 1 aliphatic heterocycles. The topological polar surface area (TPSA) is 161 Å². The van der Waals surface area contributed by atoms with Gasteiger partial charge in [-0.05, 0) is 121 Å². The van der Waals surface area contributed by atoms with E-state index in [-0.39, 0.29) is 12.1 Å². The van der Waals surface area contributed by atoms with Crippen LogP contribution in [0.25, 0.3) is 206 Å². The minimum atomic E-state index is -0.179. The van der Waals surface area contributed by atoms with Crippen molar-refractivity contribution < 1.29 is 4.42 Å². The maximum absolute atomic E-state index is 11.8. The van der Waals surface area contributed by atoms with E-state index < -0.39 is 0 Å². The van der Waals surface area contributed by atoms with E-state index >= 15 is 0 Å². The molecule has 0 radical (unpaired) electrons. The molecule has 124 heavy (non-hydrogen) atoms. The fraction of sp³-hybridized carbons (Fsp3) is 0.0364. The fourth-order valence-corrected chi connectivity index (χ4v) is 20.0. The summed E-state index contributed by atoms with van der Waals surface area (Å²) < 4.78 is 16.8. The van der Waals surface area contributed by atoms with Gasteiger partial charge in [0.2, 0.25) is 0 Å². The maximum atomic E-state index is 11.8. The lowest BCUT2D eigenvalue weighted by Crippen LogP contribution is -2.28. The lowest BCUT2D eigenvalue weighted by molar-refractivity contribution is 0.650. The van der Waals surface area contributed by atoms with Crippen molar-refractivity contribution >= 4 is 132 Å². The molecule has 25 rings (SSSR count). The van der Waals surface area contributed by atoms with Crippen LogP contribution in [0.2, 0.25) is 0 Å². The standard InChI is InChI=1S/C110H67N13O/c111-64-74-61-72(109-115-105(67-29-6-1-7-30-67)113-106(116-109)68-31-8-2-9-32-68)57-59-85(74)122-90-50-25-19-44-82(90)95-100-93(99-94(101(95)122)79-41-16-22-47-87(79)119(99)76-36-12-4-13-37-76)81-43-18-24-49-89(81)121(100)78-40-28-35-71(63-78)66-53-55-70(56-54-66)108-114-107(69-33-10-3-11-34-69)117-110(118-108)73-58-60-86(75(62-73)65-112)123-91-51-26-20-45-83(91)97-103(123)96-80-42-17-23-48-88(80)120(77-38-14-5-15-39-77)102(96)98-84-46-21-27-52-92(84)124-104(97)98/h1-39,41-49,51-63,78,90H,40,50H2. The van der Waals surface area contributed by atoms with Crippen LogP contribution in [0.5, 0.6) is 0 Å². The number of allylic oxidation sites excluding steroid dienone is 6. The van der Waals surface area contributed by atoms with E-state index in [1.54, 1.807) is 0 Å². The Labute approximate surface area is 710 Å². The number of hydrogen-bond donors (Lipinski definition) is 0. The Bertz CT molecular complexity index is 8450. The van der Waals surface area contributed by atoms with Crippen molar-refractivity contribution in [1.82, 2.24) is 48.2 Å². The van der Waals surface area contributed by atoms with E-state index in [1.807, 2.05) is 121 Å². The monoisotopic (exact) mass is 1590 g/mol. The number of nitriles is 2. The first-order valence-electron chi connectivity index (χ1n) is 41.8. The highest BCUT2D eigenvalue weighted by molar-refractivity contribution is 6.40. The molecule has 7 aromatic heterocycles. The largest absolute Gasteiger partial charge is 0.455 e. The van der Waals surface area contributed by atoms with Crippen LogP contribution in [0, 0.1) is 22.7 Å². The van der Waals surface area contributed by atoms with Gasteiger partial charge in [0.1, 0.15) is 23.3 Å². The van der Waals surface area contributed by atoms with E-state index in [1.165, 1.54) is 5.57 Å². The quantitative estimate of drug-likeness (QED) is 0.115. The number of furan rings is 1. The van der Waals surface area contributed by atoms with Gasteiger partial charge in [0.15, 0.2) is 34.9 Å². The summed E-state index contributed by atoms with van der Waals surface area (Å²) in [7, 11) is 0. The number of nitrogens with zero attached hydrogens (tertiary/aromatic N) is 13. The first kappa shape index (κ1) is 70.1. The molecule has 8 heterocycles. The summed E-state index contributed by atoms with van der Waals surface area (Å²) in [5.74, 6) is 3.00. The Hall–Kier alpha value is -16.9. The van der Waals surface area contributed by atoms with E-state index in [0.717, 1.165) is 177 Å². The second kappa shape index (κ2) is 27.8. The van der Waals surface area contributed by atoms with Crippen LogP contribution in [-0.4, -0.2) is 54.2 Å². The highest BCUT2D eigenvalue weighted by Crippen LogP contribution is 2.60. The highest BCUT2D eigenvalue weighted by atomic mass is 16.3. The molecule has 14 nitrogen and oxygen atoms in total. The predicted molar refractivity (Wildman–Crippen MR) is 500 cm³/mol. The molecule has 0 fully saturated rings. The third-order valence-electron chi connectivity index (χ3n) is 25.3. The summed E-state index contributed by atoms with van der Waals surface area (Å²) >= 11 is 0. The number of aromatic nitrogens is 10. The van der Waals surface area contributed by atoms with Crippen molar-refractivity contribution in [2.75, 3.05) is 4.90 Å². The average Bonchev–Trinajstić information content (AvgIpc) is 1.51. The number of hydrogen-bond acceptors (Lipinski definition) is 10. The van der Waals surface area contributed by atoms with Gasteiger partial charge in [-0.3, -0.25) is 0 Å². The lowest BCUT2D eigenvalue weighted by atomic mass is 9.92. The molecule has 15 aromatic carbocycles. The van der Waals surface area contributed by atoms with E-state index in [9.17, 15) is 10.5 Å². The van der Waals surface area contributed by atoms with Gasteiger partial charge in [-0.1, -0.05) is 279 Å². The number of para-hydroxylation sites is 7. The second-order valence-electron chi connectivity index (χ2n) is 32.0. The van der Waals surface area contributed by atoms with Crippen LogP contribution in [-0.2, 0) is 0 Å². The highest BCUT2D eigenvalue weighted by Gasteiger charge is 2.43. The van der Waals surface area contributed by atoms with Crippen molar-refractivity contribution in [3.05, 3.63) is 392 Å². The minimum Gasteiger partial charge on any atom is -0.455 e. The van der Waals surface area contributed by atoms with Crippen LogP contribution in [0.4, 0.5) is 11.4 Å². The molecule has 0 N–H and O–H groups in total. The van der Waals surface area contributed by atoms with Crippen LogP contribution < -0.4 is 4.90 Å². The van der Waals surface area contributed by atoms with Crippen molar-refractivity contribution in [2.24, 2.45) is 0 Å². The molecule has 0 amide bonds. The van der Waals surface area contributed by atoms with Crippen LogP contribution in [0.1, 0.15) is 41.1 Å². The fourth-order valence-electron chi connectivity index (χ4n) is 20.0. The number of anilines is 2. The zero-order chi connectivity index (χ0) is 81.8. The predicted octanol–water partition coefficient (Wildman–Crippen LogP) is 26.5. The van der Waals surface area contributed by atoms with Gasteiger partial charge >= 0.3 is 0 Å². The van der Waals surface area contributed by atoms with Gasteiger partial charge < -0.3 is 27.6 Å². The molecule has 22 aromatic rings. The first-order valence-corrected chi connectivity index (χ1v) is 41.8. The molecular formula is C110H67N13O. The SMILES string of the molecule is N#Cc1cc(-c2nc(-c3ccccc3)nc(-c3ccccc3)n2)ccc1N1c2c(c3c(c4ccccc4n3C3C=C(c4ccc(-c5nc(-c6ccccc6)nc(-c6ccc(-n7c8ccccc8c8c9oc%10ccccc%10c9c9c(c%10ccccc%10n9-c9ccccc9)c87)c(C#N)c6)n5)cc4)C=CC3)c3c2c2ccccc2n3-c2ccccc2)C2=CC=CCC21. The molecule has 0 saturated heterocycles. The smallest absolute Gasteiger partial charge is 0.164 e. The minimum absolute atomic E-state index is 0.157. The molecule has 0 bridgehead atoms. The Morgan fingerprint density at radius 3 is 1.30 bits per heavy atom. The van der Waals surface area contributed by atoms with Crippen LogP contribution >= 0.6 is 0 Å². The molecule has 0 saturated carbocycles. The summed E-state index contributed by atoms with van der Waals surface area (Å²) in [5, 5.41) is 34.2. The summed E-state index contributed by atoms with van der Waals surface area (Å²) in [6, 6.07) is 120. The van der Waals surface area contributed by atoms with E-state index in [0.29, 0.717) is 69.3 Å². The summed E-state index contributed by atoms with van der Waals surface area (Å²) in [4.78, 5) is 33.6. The molecule has 0 spiro atoms. The maximum Gasteiger partial charge on any atom is 0.164 e. The van der Waals surface area contributed by atoms with Gasteiger partial charge in [-0.25, -0.2) is 29.9 Å². The Morgan fingerprint density at radius 2 is 0.742 bits per heavy atom. The van der Waals surface area contributed by atoms with Crippen molar-refractivity contribution in [1.29, 1.82) is 10.5 Å². The summed E-state index contributed by atoms with van der Waals surface area (Å²) in [6.45, 7) is 0. The molecule has 14 heteroatoms. The van der Waals surface area contributed by atoms with Crippen LogP contribution in [0.3, 0.4) is 0 Å². The van der Waals surface area contributed by atoms with E-state index in [4.69, 9.17) is 34.3 Å². The van der Waals surface area contributed by atoms with E-state index in [2.05, 4.69) is 284 Å². The molecular weight excluding hydrogens is 1520 g/mol. The Balaban J connectivity index is 0.632. The van der Waals surface area contributed by atoms with Gasteiger partial charge in [0.05, 0.1) is 89.7 Å². The number of rotatable bonds is 12. The first-order chi connectivity index (χ1) is 61.5. The molecule has 2 aliphatic carbocycles. The van der Waals surface area contributed by atoms with Crippen molar-refractivity contribution in [3.63, 3.8) is 0 Å². The number of fused-ring (bicyclic) bond motifs is 24. The van der Waals surface area contributed by atoms with Crippen molar-refractivity contribution in [2.45, 2.75) is 24.9 Å². The Kier molecular flexibility index (Phi) is 15.7. The van der Waals surface area contributed by atoms with Gasteiger partial charge in [-0.2, -0.15) is 10.5 Å². The molecule has 2 atom stereocenters. The van der Waals surface area contributed by atoms with Crippen LogP contribution in [0.15, 0.2) is 375 Å². The molecule has 578 valence electrons. The second-order valence-corrected chi connectivity index (χ2v) is 32.0. The summed E-state index contributed by atoms with van der Waals surface area (Å²) in [5.41, 5.74) is 24.7. The molecule has 3 aliphatic rings. The third-order valence-corrected chi connectivity index (χ3v) is 25.3. The third kappa shape index (κ3) is 10.6. The normalized spacial score (nSPS) is 14.4. The van der Waals surface area contributed by atoms with Gasteiger partial charge in [-0.15, -0.1) is 0 Å².